The SMILES string of the molecule is CCCNCc1ccc(F)c(COc2ccccc2F)c1. The maximum absolute atomic E-state index is 13.8. The smallest absolute Gasteiger partial charge is 0.165 e. The molecule has 2 aromatic carbocycles. The summed E-state index contributed by atoms with van der Waals surface area (Å²) >= 11 is 0. The Balaban J connectivity index is 2.02. The van der Waals surface area contributed by atoms with Crippen LogP contribution >= 0.6 is 0 Å². The highest BCUT2D eigenvalue weighted by Crippen LogP contribution is 2.19. The third kappa shape index (κ3) is 4.53. The van der Waals surface area contributed by atoms with Crippen molar-refractivity contribution in [3.63, 3.8) is 0 Å². The number of hydrogen-bond acceptors (Lipinski definition) is 2. The van der Waals surface area contributed by atoms with Crippen molar-refractivity contribution in [1.29, 1.82) is 0 Å². The number of para-hydroxylation sites is 1. The zero-order valence-corrected chi connectivity index (χ0v) is 12.0. The van der Waals surface area contributed by atoms with E-state index in [9.17, 15) is 8.78 Å². The summed E-state index contributed by atoms with van der Waals surface area (Å²) < 4.78 is 32.6. The average Bonchev–Trinajstić information content (AvgIpc) is 2.49. The largest absolute Gasteiger partial charge is 0.486 e. The predicted molar refractivity (Wildman–Crippen MR) is 79.1 cm³/mol. The molecule has 112 valence electrons. The Hall–Kier alpha value is -1.94. The molecule has 0 saturated heterocycles. The molecule has 2 rings (SSSR count). The van der Waals surface area contributed by atoms with Crippen LogP contribution in [0.3, 0.4) is 0 Å². The normalized spacial score (nSPS) is 10.6. The molecule has 1 N–H and O–H groups in total. The maximum Gasteiger partial charge on any atom is 0.165 e. The Labute approximate surface area is 123 Å². The van der Waals surface area contributed by atoms with Crippen LogP contribution in [0.2, 0.25) is 0 Å². The number of halogens is 2. The summed E-state index contributed by atoms with van der Waals surface area (Å²) in [5.41, 5.74) is 1.41. The molecule has 0 bridgehead atoms. The molecule has 0 atom stereocenters. The van der Waals surface area contributed by atoms with Crippen LogP contribution in [0.25, 0.3) is 0 Å². The van der Waals surface area contributed by atoms with E-state index in [2.05, 4.69) is 12.2 Å². The Kier molecular flexibility index (Phi) is 5.69. The molecule has 0 heterocycles. The lowest BCUT2D eigenvalue weighted by Gasteiger charge is -2.10. The van der Waals surface area contributed by atoms with Crippen molar-refractivity contribution >= 4 is 0 Å². The van der Waals surface area contributed by atoms with Gasteiger partial charge in [0.15, 0.2) is 11.6 Å². The Morgan fingerprint density at radius 3 is 2.62 bits per heavy atom. The average molecular weight is 291 g/mol. The highest BCUT2D eigenvalue weighted by Gasteiger charge is 2.07. The van der Waals surface area contributed by atoms with Crippen molar-refractivity contribution in [1.82, 2.24) is 5.32 Å². The van der Waals surface area contributed by atoms with Gasteiger partial charge in [0.2, 0.25) is 0 Å². The van der Waals surface area contributed by atoms with Gasteiger partial charge in [-0.2, -0.15) is 0 Å². The second-order valence-corrected chi connectivity index (χ2v) is 4.82. The Morgan fingerprint density at radius 2 is 1.86 bits per heavy atom. The molecule has 21 heavy (non-hydrogen) atoms. The third-order valence-electron chi connectivity index (χ3n) is 3.09. The third-order valence-corrected chi connectivity index (χ3v) is 3.09. The van der Waals surface area contributed by atoms with Crippen LogP contribution < -0.4 is 10.1 Å². The van der Waals surface area contributed by atoms with Crippen LogP contribution in [0.5, 0.6) is 5.75 Å². The molecule has 0 unspecified atom stereocenters. The maximum atomic E-state index is 13.8. The van der Waals surface area contributed by atoms with Crippen LogP contribution in [-0.2, 0) is 13.2 Å². The monoisotopic (exact) mass is 291 g/mol. The molecular formula is C17H19F2NO. The van der Waals surface area contributed by atoms with Gasteiger partial charge in [-0.05, 0) is 42.8 Å². The zero-order chi connectivity index (χ0) is 15.1. The van der Waals surface area contributed by atoms with Crippen LogP contribution in [0.15, 0.2) is 42.5 Å². The van der Waals surface area contributed by atoms with Crippen molar-refractivity contribution in [2.75, 3.05) is 6.54 Å². The van der Waals surface area contributed by atoms with Gasteiger partial charge in [-0.1, -0.05) is 25.1 Å². The zero-order valence-electron chi connectivity index (χ0n) is 12.0. The van der Waals surface area contributed by atoms with E-state index >= 15 is 0 Å². The van der Waals surface area contributed by atoms with Gasteiger partial charge in [0.05, 0.1) is 0 Å². The van der Waals surface area contributed by atoms with Gasteiger partial charge in [0.25, 0.3) is 0 Å². The van der Waals surface area contributed by atoms with Gasteiger partial charge in [-0.3, -0.25) is 0 Å². The second-order valence-electron chi connectivity index (χ2n) is 4.82. The van der Waals surface area contributed by atoms with Crippen molar-refractivity contribution in [2.24, 2.45) is 0 Å². The molecular weight excluding hydrogens is 272 g/mol. The van der Waals surface area contributed by atoms with Gasteiger partial charge < -0.3 is 10.1 Å². The van der Waals surface area contributed by atoms with Gasteiger partial charge in [-0.25, -0.2) is 8.78 Å². The lowest BCUT2D eigenvalue weighted by Crippen LogP contribution is -2.14. The molecule has 0 amide bonds. The first-order valence-corrected chi connectivity index (χ1v) is 7.06. The molecule has 0 aliphatic heterocycles. The van der Waals surface area contributed by atoms with Crippen molar-refractivity contribution in [3.8, 4) is 5.75 Å². The highest BCUT2D eigenvalue weighted by atomic mass is 19.1. The number of hydrogen-bond donors (Lipinski definition) is 1. The van der Waals surface area contributed by atoms with Gasteiger partial charge in [0.1, 0.15) is 12.4 Å². The Morgan fingerprint density at radius 1 is 1.05 bits per heavy atom. The van der Waals surface area contributed by atoms with Gasteiger partial charge >= 0.3 is 0 Å². The summed E-state index contributed by atoms with van der Waals surface area (Å²) in [5, 5.41) is 3.26. The van der Waals surface area contributed by atoms with Crippen LogP contribution in [0.1, 0.15) is 24.5 Å². The van der Waals surface area contributed by atoms with Gasteiger partial charge in [-0.15, -0.1) is 0 Å². The Bertz CT molecular complexity index is 587. The molecule has 0 spiro atoms. The number of nitrogens with one attached hydrogen (secondary N) is 1. The first-order valence-electron chi connectivity index (χ1n) is 7.06. The number of rotatable bonds is 7. The minimum Gasteiger partial charge on any atom is -0.486 e. The fraction of sp³-hybridized carbons (Fsp3) is 0.294. The molecule has 0 radical (unpaired) electrons. The summed E-state index contributed by atoms with van der Waals surface area (Å²) in [6, 6.07) is 11.0. The van der Waals surface area contributed by atoms with Crippen LogP contribution in [-0.4, -0.2) is 6.54 Å². The topological polar surface area (TPSA) is 21.3 Å². The molecule has 0 aromatic heterocycles. The highest BCUT2D eigenvalue weighted by molar-refractivity contribution is 5.27. The minimum absolute atomic E-state index is 0.00832. The minimum atomic E-state index is -0.446. The van der Waals surface area contributed by atoms with E-state index in [4.69, 9.17) is 4.74 Å². The number of ether oxygens (including phenoxy) is 1. The standard InChI is InChI=1S/C17H19F2NO/c1-2-9-20-11-13-7-8-15(18)14(10-13)12-21-17-6-4-3-5-16(17)19/h3-8,10,20H,2,9,11-12H2,1H3. The van der Waals surface area contributed by atoms with E-state index in [1.807, 2.05) is 0 Å². The van der Waals surface area contributed by atoms with E-state index in [1.54, 1.807) is 24.3 Å². The van der Waals surface area contributed by atoms with Crippen molar-refractivity contribution < 1.29 is 13.5 Å². The lowest BCUT2D eigenvalue weighted by atomic mass is 10.1. The molecule has 4 heteroatoms. The van der Waals surface area contributed by atoms with E-state index < -0.39 is 5.82 Å². The summed E-state index contributed by atoms with van der Waals surface area (Å²) in [7, 11) is 0. The summed E-state index contributed by atoms with van der Waals surface area (Å²) in [6.07, 6.45) is 1.05. The lowest BCUT2D eigenvalue weighted by molar-refractivity contribution is 0.284. The fourth-order valence-corrected chi connectivity index (χ4v) is 1.98. The molecule has 2 aromatic rings. The van der Waals surface area contributed by atoms with Crippen LogP contribution in [0, 0.1) is 11.6 Å². The summed E-state index contributed by atoms with van der Waals surface area (Å²) in [5.74, 6) is -0.657. The molecule has 0 aliphatic rings. The summed E-state index contributed by atoms with van der Waals surface area (Å²) in [6.45, 7) is 3.69. The van der Waals surface area contributed by atoms with E-state index in [0.29, 0.717) is 12.1 Å². The molecule has 0 fully saturated rings. The quantitative estimate of drug-likeness (QED) is 0.777. The predicted octanol–water partition coefficient (Wildman–Crippen LogP) is 4.04. The van der Waals surface area contributed by atoms with Gasteiger partial charge in [0, 0.05) is 12.1 Å². The van der Waals surface area contributed by atoms with E-state index in [1.165, 1.54) is 18.2 Å². The van der Waals surface area contributed by atoms with Crippen LogP contribution in [0.4, 0.5) is 8.78 Å². The number of benzene rings is 2. The second kappa shape index (κ2) is 7.74. The van der Waals surface area contributed by atoms with Crippen molar-refractivity contribution in [3.05, 3.63) is 65.2 Å². The van der Waals surface area contributed by atoms with E-state index in [0.717, 1.165) is 18.5 Å². The van der Waals surface area contributed by atoms with Crippen molar-refractivity contribution in [2.45, 2.75) is 26.5 Å². The first kappa shape index (κ1) is 15.4. The van der Waals surface area contributed by atoms with E-state index in [-0.39, 0.29) is 18.2 Å². The fourth-order valence-electron chi connectivity index (χ4n) is 1.98. The first-order chi connectivity index (χ1) is 10.2. The summed E-state index contributed by atoms with van der Waals surface area (Å²) in [4.78, 5) is 0. The molecule has 2 nitrogen and oxygen atoms in total. The molecule has 0 saturated carbocycles. The molecule has 0 aliphatic carbocycles.